The van der Waals surface area contributed by atoms with Gasteiger partial charge >= 0.3 is 12.6 Å². The van der Waals surface area contributed by atoms with Crippen LogP contribution in [-0.4, -0.2) is 19.2 Å². The molecule has 1 aromatic carbocycles. The second-order valence-corrected chi connectivity index (χ2v) is 2.97. The highest BCUT2D eigenvalue weighted by Gasteiger charge is 2.19. The van der Waals surface area contributed by atoms with Crippen LogP contribution in [-0.2, 0) is 4.74 Å². The van der Waals surface area contributed by atoms with Gasteiger partial charge in [0.2, 0.25) is 0 Å². The fraction of sp³-hybridized carbons (Fsp3) is 0.300. The molecule has 0 aromatic heterocycles. The summed E-state index contributed by atoms with van der Waals surface area (Å²) in [4.78, 5) is 11.3. The van der Waals surface area contributed by atoms with Gasteiger partial charge in [0.1, 0.15) is 17.1 Å². The van der Waals surface area contributed by atoms with E-state index in [1.54, 1.807) is 6.92 Å². The minimum atomic E-state index is -3.10. The molecule has 94 valence electrons. The van der Waals surface area contributed by atoms with Gasteiger partial charge in [0.15, 0.2) is 0 Å². The average Bonchev–Trinajstić information content (AvgIpc) is 2.15. The molecule has 0 unspecified atom stereocenters. The number of alkyl halides is 2. The number of carbonyl (C=O) groups is 1. The first-order valence-electron chi connectivity index (χ1n) is 4.66. The van der Waals surface area contributed by atoms with E-state index in [1.807, 2.05) is 0 Å². The number of hydrogen-bond donors (Lipinski definition) is 1. The molecule has 1 rings (SSSR count). The van der Waals surface area contributed by atoms with Gasteiger partial charge in [-0.2, -0.15) is 8.78 Å². The zero-order valence-electron chi connectivity index (χ0n) is 8.88. The van der Waals surface area contributed by atoms with Crippen LogP contribution in [0.2, 0.25) is 0 Å². The number of hydrogen-bond acceptors (Lipinski definition) is 4. The predicted octanol–water partition coefficient (Wildman–Crippen LogP) is 2.19. The normalized spacial score (nSPS) is 10.4. The highest BCUT2D eigenvalue weighted by molar-refractivity contribution is 5.95. The first-order valence-corrected chi connectivity index (χ1v) is 4.66. The average molecular weight is 249 g/mol. The number of nitrogen functional groups attached to an aromatic ring is 1. The Kier molecular flexibility index (Phi) is 4.19. The SMILES string of the molecule is CCOC(=O)c1c(N)cc(OC(F)F)cc1F. The number of benzene rings is 1. The van der Waals surface area contributed by atoms with Crippen LogP contribution in [0.1, 0.15) is 17.3 Å². The first-order chi connectivity index (χ1) is 7.95. The van der Waals surface area contributed by atoms with Crippen molar-refractivity contribution in [2.75, 3.05) is 12.3 Å². The summed E-state index contributed by atoms with van der Waals surface area (Å²) >= 11 is 0. The zero-order valence-corrected chi connectivity index (χ0v) is 8.88. The lowest BCUT2D eigenvalue weighted by Gasteiger charge is -2.09. The number of ether oxygens (including phenoxy) is 2. The van der Waals surface area contributed by atoms with Gasteiger partial charge in [-0.1, -0.05) is 0 Å². The Morgan fingerprint density at radius 1 is 1.47 bits per heavy atom. The molecule has 0 saturated heterocycles. The van der Waals surface area contributed by atoms with Crippen molar-refractivity contribution in [2.45, 2.75) is 13.5 Å². The lowest BCUT2D eigenvalue weighted by Crippen LogP contribution is -2.11. The van der Waals surface area contributed by atoms with Gasteiger partial charge in [0.05, 0.1) is 12.3 Å². The second kappa shape index (κ2) is 5.42. The molecule has 0 amide bonds. The van der Waals surface area contributed by atoms with E-state index in [9.17, 15) is 18.0 Å². The summed E-state index contributed by atoms with van der Waals surface area (Å²) in [6.45, 7) is -1.50. The highest BCUT2D eigenvalue weighted by Crippen LogP contribution is 2.25. The van der Waals surface area contributed by atoms with Crippen LogP contribution < -0.4 is 10.5 Å². The molecular formula is C10H10F3NO3. The van der Waals surface area contributed by atoms with Gasteiger partial charge in [0.25, 0.3) is 0 Å². The van der Waals surface area contributed by atoms with E-state index in [1.165, 1.54) is 0 Å². The smallest absolute Gasteiger partial charge is 0.387 e. The van der Waals surface area contributed by atoms with E-state index in [-0.39, 0.29) is 12.3 Å². The number of nitrogens with two attached hydrogens (primary N) is 1. The molecule has 0 atom stereocenters. The largest absolute Gasteiger partial charge is 0.462 e. The van der Waals surface area contributed by atoms with E-state index in [4.69, 9.17) is 5.73 Å². The van der Waals surface area contributed by atoms with Crippen LogP contribution in [0.3, 0.4) is 0 Å². The summed E-state index contributed by atoms with van der Waals surface area (Å²) in [6.07, 6.45) is 0. The van der Waals surface area contributed by atoms with Crippen LogP contribution in [0, 0.1) is 5.82 Å². The van der Waals surface area contributed by atoms with Crippen molar-refractivity contribution >= 4 is 11.7 Å². The number of anilines is 1. The van der Waals surface area contributed by atoms with Gasteiger partial charge < -0.3 is 15.2 Å². The highest BCUT2D eigenvalue weighted by atomic mass is 19.3. The van der Waals surface area contributed by atoms with Crippen molar-refractivity contribution in [3.05, 3.63) is 23.5 Å². The molecule has 0 aliphatic heterocycles. The van der Waals surface area contributed by atoms with Crippen LogP contribution in [0.15, 0.2) is 12.1 Å². The van der Waals surface area contributed by atoms with E-state index < -0.39 is 29.7 Å². The molecule has 4 nitrogen and oxygen atoms in total. The Labute approximate surface area is 95.1 Å². The number of esters is 1. The number of carbonyl (C=O) groups excluding carboxylic acids is 1. The third-order valence-corrected chi connectivity index (χ3v) is 1.80. The summed E-state index contributed by atoms with van der Waals surface area (Å²) < 4.78 is 45.7. The Bertz CT molecular complexity index is 400. The lowest BCUT2D eigenvalue weighted by molar-refractivity contribution is -0.0499. The zero-order chi connectivity index (χ0) is 13.0. The van der Waals surface area contributed by atoms with Crippen LogP contribution in [0.5, 0.6) is 5.75 Å². The summed E-state index contributed by atoms with van der Waals surface area (Å²) in [5.74, 6) is -2.48. The summed E-state index contributed by atoms with van der Waals surface area (Å²) in [7, 11) is 0. The predicted molar refractivity (Wildman–Crippen MR) is 53.4 cm³/mol. The molecule has 17 heavy (non-hydrogen) atoms. The molecule has 0 aliphatic carbocycles. The summed E-state index contributed by atoms with van der Waals surface area (Å²) in [6, 6.07) is 1.58. The summed E-state index contributed by atoms with van der Waals surface area (Å²) in [5.41, 5.74) is 4.55. The molecule has 0 bridgehead atoms. The van der Waals surface area contributed by atoms with Crippen LogP contribution >= 0.6 is 0 Å². The second-order valence-electron chi connectivity index (χ2n) is 2.97. The van der Waals surface area contributed by atoms with E-state index in [0.717, 1.165) is 6.07 Å². The van der Waals surface area contributed by atoms with E-state index >= 15 is 0 Å². The Balaban J connectivity index is 3.06. The number of rotatable bonds is 4. The molecule has 0 spiro atoms. The maximum absolute atomic E-state index is 13.4. The lowest BCUT2D eigenvalue weighted by atomic mass is 10.1. The molecule has 1 aromatic rings. The molecule has 0 saturated carbocycles. The Morgan fingerprint density at radius 2 is 2.12 bits per heavy atom. The van der Waals surface area contributed by atoms with Gasteiger partial charge in [-0.3, -0.25) is 0 Å². The molecular weight excluding hydrogens is 239 g/mol. The van der Waals surface area contributed by atoms with Gasteiger partial charge in [-0.25, -0.2) is 9.18 Å². The molecule has 2 N–H and O–H groups in total. The summed E-state index contributed by atoms with van der Waals surface area (Å²) in [5, 5.41) is 0. The van der Waals surface area contributed by atoms with Crippen molar-refractivity contribution in [3.8, 4) is 5.75 Å². The van der Waals surface area contributed by atoms with Crippen molar-refractivity contribution in [1.82, 2.24) is 0 Å². The van der Waals surface area contributed by atoms with Gasteiger partial charge in [0, 0.05) is 12.1 Å². The quantitative estimate of drug-likeness (QED) is 0.656. The van der Waals surface area contributed by atoms with Crippen LogP contribution in [0.4, 0.5) is 18.9 Å². The minimum absolute atomic E-state index is 0.0486. The van der Waals surface area contributed by atoms with Crippen molar-refractivity contribution in [3.63, 3.8) is 0 Å². The van der Waals surface area contributed by atoms with Crippen molar-refractivity contribution < 1.29 is 27.4 Å². The standard InChI is InChI=1S/C10H10F3NO3/c1-2-16-9(15)8-6(11)3-5(4-7(8)14)17-10(12)13/h3-4,10H,2,14H2,1H3. The van der Waals surface area contributed by atoms with Crippen molar-refractivity contribution in [1.29, 1.82) is 0 Å². The van der Waals surface area contributed by atoms with Gasteiger partial charge in [-0.05, 0) is 6.92 Å². The number of halogens is 3. The monoisotopic (exact) mass is 249 g/mol. The molecule has 0 aliphatic rings. The van der Waals surface area contributed by atoms with E-state index in [0.29, 0.717) is 6.07 Å². The first kappa shape index (κ1) is 13.1. The molecule has 0 fully saturated rings. The fourth-order valence-corrected chi connectivity index (χ4v) is 1.19. The fourth-order valence-electron chi connectivity index (χ4n) is 1.19. The maximum Gasteiger partial charge on any atom is 0.387 e. The molecule has 0 heterocycles. The van der Waals surface area contributed by atoms with Crippen molar-refractivity contribution in [2.24, 2.45) is 0 Å². The van der Waals surface area contributed by atoms with Crippen LogP contribution in [0.25, 0.3) is 0 Å². The third-order valence-electron chi connectivity index (χ3n) is 1.80. The Hall–Kier alpha value is -1.92. The maximum atomic E-state index is 13.4. The topological polar surface area (TPSA) is 61.5 Å². The molecule has 0 radical (unpaired) electrons. The van der Waals surface area contributed by atoms with E-state index in [2.05, 4.69) is 9.47 Å². The minimum Gasteiger partial charge on any atom is -0.462 e. The van der Waals surface area contributed by atoms with Gasteiger partial charge in [-0.15, -0.1) is 0 Å². The third kappa shape index (κ3) is 3.27. The molecule has 7 heteroatoms. The Morgan fingerprint density at radius 3 is 2.59 bits per heavy atom.